The van der Waals surface area contributed by atoms with Gasteiger partial charge in [0.1, 0.15) is 0 Å². The van der Waals surface area contributed by atoms with Crippen LogP contribution in [-0.2, 0) is 19.4 Å². The third-order valence-electron chi connectivity index (χ3n) is 3.39. The van der Waals surface area contributed by atoms with Crippen molar-refractivity contribution < 1.29 is 0 Å². The number of rotatable bonds is 3. The molecule has 0 bridgehead atoms. The first-order valence-electron chi connectivity index (χ1n) is 6.47. The number of fused-ring (bicyclic) bond motifs is 1. The molecule has 0 spiro atoms. The molecule has 0 saturated carbocycles. The maximum Gasteiger partial charge on any atom is 0.159 e. The molecule has 1 heterocycles. The van der Waals surface area contributed by atoms with E-state index < -0.39 is 0 Å². The summed E-state index contributed by atoms with van der Waals surface area (Å²) in [7, 11) is 1.96. The van der Waals surface area contributed by atoms with Gasteiger partial charge in [0.05, 0.1) is 5.69 Å². The van der Waals surface area contributed by atoms with Gasteiger partial charge in [-0.15, -0.1) is 0 Å². The normalized spacial score (nSPS) is 13.6. The molecular weight excluding hydrogens is 222 g/mol. The Hall–Kier alpha value is -1.74. The number of aromatic nitrogens is 2. The highest BCUT2D eigenvalue weighted by atomic mass is 14.9. The molecule has 1 N–H and O–H groups in total. The maximum absolute atomic E-state index is 4.73. The average Bonchev–Trinajstić information content (AvgIpc) is 2.88. The molecular formula is C15H17N3. The molecule has 0 aliphatic heterocycles. The van der Waals surface area contributed by atoms with E-state index in [0.717, 1.165) is 30.8 Å². The van der Waals surface area contributed by atoms with Gasteiger partial charge in [0.25, 0.3) is 0 Å². The van der Waals surface area contributed by atoms with Gasteiger partial charge in [-0.25, -0.2) is 9.97 Å². The Morgan fingerprint density at radius 3 is 2.72 bits per heavy atom. The summed E-state index contributed by atoms with van der Waals surface area (Å²) in [6, 6.07) is 10.2. The Kier molecular flexibility index (Phi) is 3.07. The molecule has 3 rings (SSSR count). The first kappa shape index (κ1) is 11.4. The minimum atomic E-state index is 0.824. The van der Waals surface area contributed by atoms with Gasteiger partial charge in [0.15, 0.2) is 5.82 Å². The summed E-state index contributed by atoms with van der Waals surface area (Å²) < 4.78 is 0. The van der Waals surface area contributed by atoms with Crippen LogP contribution in [0, 0.1) is 0 Å². The molecule has 1 aliphatic rings. The monoisotopic (exact) mass is 239 g/mol. The van der Waals surface area contributed by atoms with Crippen molar-refractivity contribution in [3.05, 3.63) is 47.3 Å². The standard InChI is InChI=1S/C15H17N3/c1-16-10-14-12-8-5-9-13(12)17-15(18-14)11-6-3-2-4-7-11/h2-4,6-7,16H,5,8-10H2,1H3. The quantitative estimate of drug-likeness (QED) is 0.893. The van der Waals surface area contributed by atoms with Crippen LogP contribution in [0.4, 0.5) is 0 Å². The van der Waals surface area contributed by atoms with Crippen molar-refractivity contribution >= 4 is 0 Å². The van der Waals surface area contributed by atoms with Crippen molar-refractivity contribution in [1.29, 1.82) is 0 Å². The zero-order valence-electron chi connectivity index (χ0n) is 10.6. The summed E-state index contributed by atoms with van der Waals surface area (Å²) in [5.74, 6) is 0.863. The fourth-order valence-corrected chi connectivity index (χ4v) is 2.54. The van der Waals surface area contributed by atoms with Crippen LogP contribution in [0.15, 0.2) is 30.3 Å². The summed E-state index contributed by atoms with van der Waals surface area (Å²) in [5, 5.41) is 3.20. The average molecular weight is 239 g/mol. The van der Waals surface area contributed by atoms with Gasteiger partial charge >= 0.3 is 0 Å². The lowest BCUT2D eigenvalue weighted by Gasteiger charge is -2.09. The summed E-state index contributed by atoms with van der Waals surface area (Å²) >= 11 is 0. The van der Waals surface area contributed by atoms with E-state index in [1.807, 2.05) is 25.2 Å². The SMILES string of the molecule is CNCc1nc(-c2ccccc2)nc2c1CCC2. The molecule has 3 nitrogen and oxygen atoms in total. The molecule has 92 valence electrons. The Morgan fingerprint density at radius 1 is 1.11 bits per heavy atom. The first-order chi connectivity index (χ1) is 8.88. The lowest BCUT2D eigenvalue weighted by molar-refractivity contribution is 0.773. The third kappa shape index (κ3) is 2.02. The minimum absolute atomic E-state index is 0.824. The second-order valence-corrected chi connectivity index (χ2v) is 4.67. The van der Waals surface area contributed by atoms with E-state index in [-0.39, 0.29) is 0 Å². The van der Waals surface area contributed by atoms with Crippen molar-refractivity contribution in [3.63, 3.8) is 0 Å². The maximum atomic E-state index is 4.73. The number of nitrogens with one attached hydrogen (secondary N) is 1. The number of nitrogens with zero attached hydrogens (tertiary/aromatic N) is 2. The summed E-state index contributed by atoms with van der Waals surface area (Å²) in [5.41, 5.74) is 4.88. The molecule has 0 radical (unpaired) electrons. The predicted molar refractivity (Wildman–Crippen MR) is 72.3 cm³/mol. The largest absolute Gasteiger partial charge is 0.314 e. The van der Waals surface area contributed by atoms with Crippen molar-refractivity contribution in [2.45, 2.75) is 25.8 Å². The second kappa shape index (κ2) is 4.86. The van der Waals surface area contributed by atoms with E-state index in [1.54, 1.807) is 0 Å². The summed E-state index contributed by atoms with van der Waals surface area (Å²) in [6.07, 6.45) is 3.43. The van der Waals surface area contributed by atoms with Gasteiger partial charge in [0, 0.05) is 17.8 Å². The molecule has 0 saturated heterocycles. The van der Waals surface area contributed by atoms with Crippen LogP contribution in [0.3, 0.4) is 0 Å². The molecule has 1 aromatic heterocycles. The van der Waals surface area contributed by atoms with Crippen molar-refractivity contribution in [2.24, 2.45) is 0 Å². The molecule has 0 unspecified atom stereocenters. The highest BCUT2D eigenvalue weighted by Gasteiger charge is 2.19. The Balaban J connectivity index is 2.09. The Morgan fingerprint density at radius 2 is 1.94 bits per heavy atom. The second-order valence-electron chi connectivity index (χ2n) is 4.67. The number of hydrogen-bond acceptors (Lipinski definition) is 3. The van der Waals surface area contributed by atoms with E-state index in [1.165, 1.54) is 23.4 Å². The van der Waals surface area contributed by atoms with Gasteiger partial charge in [-0.2, -0.15) is 0 Å². The van der Waals surface area contributed by atoms with E-state index in [0.29, 0.717) is 0 Å². The minimum Gasteiger partial charge on any atom is -0.314 e. The highest BCUT2D eigenvalue weighted by molar-refractivity contribution is 5.55. The van der Waals surface area contributed by atoms with Crippen LogP contribution in [-0.4, -0.2) is 17.0 Å². The summed E-state index contributed by atoms with van der Waals surface area (Å²) in [6.45, 7) is 0.824. The zero-order valence-corrected chi connectivity index (χ0v) is 10.6. The lowest BCUT2D eigenvalue weighted by Crippen LogP contribution is -2.11. The van der Waals surface area contributed by atoms with Crippen LogP contribution in [0.5, 0.6) is 0 Å². The van der Waals surface area contributed by atoms with Crippen LogP contribution in [0.25, 0.3) is 11.4 Å². The first-order valence-corrected chi connectivity index (χ1v) is 6.47. The molecule has 0 fully saturated rings. The Labute approximate surface area is 107 Å². The molecule has 2 aromatic rings. The molecule has 0 amide bonds. The van der Waals surface area contributed by atoms with Gasteiger partial charge in [0.2, 0.25) is 0 Å². The lowest BCUT2D eigenvalue weighted by atomic mass is 10.1. The van der Waals surface area contributed by atoms with E-state index in [4.69, 9.17) is 9.97 Å². The van der Waals surface area contributed by atoms with E-state index in [9.17, 15) is 0 Å². The highest BCUT2D eigenvalue weighted by Crippen LogP contribution is 2.26. The molecule has 3 heteroatoms. The molecule has 1 aliphatic carbocycles. The number of aryl methyl sites for hydroxylation is 1. The van der Waals surface area contributed by atoms with Crippen LogP contribution in [0.2, 0.25) is 0 Å². The molecule has 1 aromatic carbocycles. The fourth-order valence-electron chi connectivity index (χ4n) is 2.54. The van der Waals surface area contributed by atoms with E-state index in [2.05, 4.69) is 17.4 Å². The van der Waals surface area contributed by atoms with Gasteiger partial charge in [-0.05, 0) is 31.9 Å². The molecule has 18 heavy (non-hydrogen) atoms. The smallest absolute Gasteiger partial charge is 0.159 e. The van der Waals surface area contributed by atoms with Crippen LogP contribution >= 0.6 is 0 Å². The topological polar surface area (TPSA) is 37.8 Å². The van der Waals surface area contributed by atoms with Gasteiger partial charge in [-0.3, -0.25) is 0 Å². The number of hydrogen-bond donors (Lipinski definition) is 1. The third-order valence-corrected chi connectivity index (χ3v) is 3.39. The Bertz CT molecular complexity index is 549. The summed E-state index contributed by atoms with van der Waals surface area (Å²) in [4.78, 5) is 9.46. The van der Waals surface area contributed by atoms with Crippen molar-refractivity contribution in [2.75, 3.05) is 7.05 Å². The van der Waals surface area contributed by atoms with Gasteiger partial charge in [-0.1, -0.05) is 30.3 Å². The van der Waals surface area contributed by atoms with Crippen molar-refractivity contribution in [1.82, 2.24) is 15.3 Å². The van der Waals surface area contributed by atoms with Crippen LogP contribution in [0.1, 0.15) is 23.4 Å². The van der Waals surface area contributed by atoms with E-state index >= 15 is 0 Å². The molecule has 0 atom stereocenters. The van der Waals surface area contributed by atoms with Crippen molar-refractivity contribution in [3.8, 4) is 11.4 Å². The van der Waals surface area contributed by atoms with Crippen LogP contribution < -0.4 is 5.32 Å². The number of benzene rings is 1. The fraction of sp³-hybridized carbons (Fsp3) is 0.333. The zero-order chi connectivity index (χ0) is 12.4. The van der Waals surface area contributed by atoms with Gasteiger partial charge < -0.3 is 5.32 Å². The predicted octanol–water partition coefficient (Wildman–Crippen LogP) is 2.35.